The summed E-state index contributed by atoms with van der Waals surface area (Å²) < 4.78 is 0. The van der Waals surface area contributed by atoms with Crippen molar-refractivity contribution in [2.75, 3.05) is 0 Å². The van der Waals surface area contributed by atoms with Crippen LogP contribution < -0.4 is 5.84 Å². The van der Waals surface area contributed by atoms with Crippen LogP contribution in [0.1, 0.15) is 45.4 Å². The molecule has 2 amide bonds. The number of nitrogens with two attached hydrogens (primary N) is 1. The number of amides is 2. The van der Waals surface area contributed by atoms with Gasteiger partial charge in [0.1, 0.15) is 0 Å². The fourth-order valence-electron chi connectivity index (χ4n) is 2.74. The van der Waals surface area contributed by atoms with E-state index in [4.69, 9.17) is 5.84 Å². The van der Waals surface area contributed by atoms with Crippen LogP contribution in [-0.2, 0) is 9.59 Å². The van der Waals surface area contributed by atoms with Gasteiger partial charge >= 0.3 is 0 Å². The Balaban J connectivity index is 2.10. The first-order valence-electron chi connectivity index (χ1n) is 5.63. The lowest BCUT2D eigenvalue weighted by atomic mass is 9.65. The summed E-state index contributed by atoms with van der Waals surface area (Å²) in [6.07, 6.45) is 5.18. The van der Waals surface area contributed by atoms with Gasteiger partial charge in [-0.05, 0) is 24.2 Å². The molecule has 2 rings (SSSR count). The molecule has 1 spiro atoms. The summed E-state index contributed by atoms with van der Waals surface area (Å²) in [6.45, 7) is 2.23. The van der Waals surface area contributed by atoms with Crippen molar-refractivity contribution in [3.05, 3.63) is 0 Å². The summed E-state index contributed by atoms with van der Waals surface area (Å²) >= 11 is 0. The lowest BCUT2D eigenvalue weighted by molar-refractivity contribution is -0.155. The quantitative estimate of drug-likeness (QED) is 0.371. The predicted octanol–water partition coefficient (Wildman–Crippen LogP) is 1.21. The highest BCUT2D eigenvalue weighted by atomic mass is 16.2. The Labute approximate surface area is 89.8 Å². The second-order valence-corrected chi connectivity index (χ2v) is 5.19. The first kappa shape index (κ1) is 10.6. The fourth-order valence-corrected chi connectivity index (χ4v) is 2.74. The van der Waals surface area contributed by atoms with E-state index in [1.165, 1.54) is 0 Å². The SMILES string of the molecule is CC1CCC2(CC1)CC(=O)N(N)C(=O)C2. The van der Waals surface area contributed by atoms with Gasteiger partial charge in [-0.25, -0.2) is 10.9 Å². The minimum Gasteiger partial charge on any atom is -0.273 e. The lowest BCUT2D eigenvalue weighted by Crippen LogP contribution is -2.52. The molecule has 2 aliphatic rings. The number of imide groups is 1. The molecule has 1 aliphatic carbocycles. The van der Waals surface area contributed by atoms with Gasteiger partial charge in [0.15, 0.2) is 0 Å². The molecular weight excluding hydrogens is 192 g/mol. The van der Waals surface area contributed by atoms with Gasteiger partial charge in [0.05, 0.1) is 0 Å². The molecule has 84 valence electrons. The van der Waals surface area contributed by atoms with Crippen molar-refractivity contribution in [1.82, 2.24) is 5.01 Å². The molecule has 0 radical (unpaired) electrons. The van der Waals surface area contributed by atoms with Gasteiger partial charge < -0.3 is 0 Å². The molecule has 1 saturated carbocycles. The Morgan fingerprint density at radius 2 is 1.67 bits per heavy atom. The van der Waals surface area contributed by atoms with Crippen LogP contribution in [0, 0.1) is 11.3 Å². The standard InChI is InChI=1S/C11H18N2O2/c1-8-2-4-11(5-3-8)6-9(14)13(12)10(15)7-11/h8H,2-7,12H2,1H3. The normalized spacial score (nSPS) is 27.5. The molecule has 0 unspecified atom stereocenters. The summed E-state index contributed by atoms with van der Waals surface area (Å²) in [5.41, 5.74) is -0.0590. The van der Waals surface area contributed by atoms with E-state index in [0.29, 0.717) is 12.8 Å². The van der Waals surface area contributed by atoms with E-state index >= 15 is 0 Å². The number of hydrogen-bond donors (Lipinski definition) is 1. The Bertz CT molecular complexity index is 273. The molecule has 0 aromatic heterocycles. The van der Waals surface area contributed by atoms with Crippen LogP contribution in [0.3, 0.4) is 0 Å². The highest BCUT2D eigenvalue weighted by Crippen LogP contribution is 2.46. The predicted molar refractivity (Wildman–Crippen MR) is 55.3 cm³/mol. The zero-order chi connectivity index (χ0) is 11.1. The minimum absolute atomic E-state index is 0.0590. The number of nitrogens with zero attached hydrogens (tertiary/aromatic N) is 1. The molecular formula is C11H18N2O2. The fraction of sp³-hybridized carbons (Fsp3) is 0.818. The maximum Gasteiger partial charge on any atom is 0.244 e. The number of rotatable bonds is 0. The molecule has 4 heteroatoms. The molecule has 15 heavy (non-hydrogen) atoms. The van der Waals surface area contributed by atoms with Crippen molar-refractivity contribution in [1.29, 1.82) is 0 Å². The van der Waals surface area contributed by atoms with Crippen molar-refractivity contribution in [2.24, 2.45) is 17.2 Å². The summed E-state index contributed by atoms with van der Waals surface area (Å²) in [4.78, 5) is 23.1. The second-order valence-electron chi connectivity index (χ2n) is 5.19. The molecule has 0 aromatic rings. The van der Waals surface area contributed by atoms with E-state index in [-0.39, 0.29) is 17.2 Å². The third-order valence-corrected chi connectivity index (χ3v) is 3.92. The van der Waals surface area contributed by atoms with Gasteiger partial charge in [0.25, 0.3) is 0 Å². The molecule has 0 bridgehead atoms. The highest BCUT2D eigenvalue weighted by molar-refractivity contribution is 5.97. The van der Waals surface area contributed by atoms with Gasteiger partial charge in [-0.3, -0.25) is 9.59 Å². The summed E-state index contributed by atoms with van der Waals surface area (Å²) in [7, 11) is 0. The monoisotopic (exact) mass is 210 g/mol. The molecule has 2 N–H and O–H groups in total. The first-order valence-corrected chi connectivity index (χ1v) is 5.63. The summed E-state index contributed by atoms with van der Waals surface area (Å²) in [5.74, 6) is 5.69. The Kier molecular flexibility index (Phi) is 2.54. The van der Waals surface area contributed by atoms with Crippen LogP contribution in [0.4, 0.5) is 0 Å². The van der Waals surface area contributed by atoms with Crippen LogP contribution >= 0.6 is 0 Å². The van der Waals surface area contributed by atoms with Gasteiger partial charge in [-0.1, -0.05) is 19.8 Å². The number of carbonyl (C=O) groups is 2. The van der Waals surface area contributed by atoms with Crippen LogP contribution in [0.15, 0.2) is 0 Å². The van der Waals surface area contributed by atoms with Crippen LogP contribution in [-0.4, -0.2) is 16.8 Å². The second kappa shape index (κ2) is 3.59. The molecule has 1 heterocycles. The van der Waals surface area contributed by atoms with Gasteiger partial charge in [0, 0.05) is 12.8 Å². The van der Waals surface area contributed by atoms with Crippen LogP contribution in [0.2, 0.25) is 0 Å². The van der Waals surface area contributed by atoms with Crippen molar-refractivity contribution in [3.63, 3.8) is 0 Å². The maximum absolute atomic E-state index is 11.5. The molecule has 1 saturated heterocycles. The third-order valence-electron chi connectivity index (χ3n) is 3.92. The Morgan fingerprint density at radius 3 is 2.13 bits per heavy atom. The number of carbonyl (C=O) groups excluding carboxylic acids is 2. The van der Waals surface area contributed by atoms with E-state index < -0.39 is 0 Å². The largest absolute Gasteiger partial charge is 0.273 e. The number of hydrogen-bond acceptors (Lipinski definition) is 3. The zero-order valence-corrected chi connectivity index (χ0v) is 9.16. The maximum atomic E-state index is 11.5. The average Bonchev–Trinajstić information content (AvgIpc) is 2.20. The number of piperidine rings is 1. The Morgan fingerprint density at radius 1 is 1.20 bits per heavy atom. The van der Waals surface area contributed by atoms with Crippen molar-refractivity contribution in [3.8, 4) is 0 Å². The van der Waals surface area contributed by atoms with Crippen molar-refractivity contribution < 1.29 is 9.59 Å². The highest BCUT2D eigenvalue weighted by Gasteiger charge is 2.44. The Hall–Kier alpha value is -0.900. The number of hydrazine groups is 1. The lowest BCUT2D eigenvalue weighted by Gasteiger charge is -2.42. The van der Waals surface area contributed by atoms with E-state index in [1.807, 2.05) is 0 Å². The molecule has 2 fully saturated rings. The summed E-state index contributed by atoms with van der Waals surface area (Å²) in [5, 5.41) is 0.795. The summed E-state index contributed by atoms with van der Waals surface area (Å²) in [6, 6.07) is 0. The smallest absolute Gasteiger partial charge is 0.244 e. The third kappa shape index (κ3) is 1.91. The zero-order valence-electron chi connectivity index (χ0n) is 9.16. The van der Waals surface area contributed by atoms with E-state index in [1.54, 1.807) is 0 Å². The average molecular weight is 210 g/mol. The molecule has 1 aliphatic heterocycles. The van der Waals surface area contributed by atoms with Gasteiger partial charge in [-0.2, -0.15) is 0 Å². The van der Waals surface area contributed by atoms with Gasteiger partial charge in [0.2, 0.25) is 11.8 Å². The van der Waals surface area contributed by atoms with E-state index in [2.05, 4.69) is 6.92 Å². The molecule has 4 nitrogen and oxygen atoms in total. The first-order chi connectivity index (χ1) is 7.02. The van der Waals surface area contributed by atoms with Crippen LogP contribution in [0.5, 0.6) is 0 Å². The molecule has 0 aromatic carbocycles. The van der Waals surface area contributed by atoms with Crippen molar-refractivity contribution in [2.45, 2.75) is 45.4 Å². The van der Waals surface area contributed by atoms with E-state index in [0.717, 1.165) is 36.6 Å². The molecule has 0 atom stereocenters. The minimum atomic E-state index is -0.208. The van der Waals surface area contributed by atoms with Gasteiger partial charge in [-0.15, -0.1) is 0 Å². The van der Waals surface area contributed by atoms with Crippen molar-refractivity contribution >= 4 is 11.8 Å². The van der Waals surface area contributed by atoms with E-state index in [9.17, 15) is 9.59 Å². The topological polar surface area (TPSA) is 63.4 Å². The van der Waals surface area contributed by atoms with Crippen LogP contribution in [0.25, 0.3) is 0 Å².